The number of carbonyl (C=O) groups excluding carboxylic acids is 2. The maximum atomic E-state index is 12.8. The first-order valence-corrected chi connectivity index (χ1v) is 10.3. The number of halogens is 3. The average molecular weight is 419 g/mol. The number of nitrogens with zero attached hydrogens (tertiary/aromatic N) is 2. The van der Waals surface area contributed by atoms with E-state index >= 15 is 0 Å². The van der Waals surface area contributed by atoms with Crippen molar-refractivity contribution in [3.63, 3.8) is 0 Å². The van der Waals surface area contributed by atoms with Crippen molar-refractivity contribution in [2.24, 2.45) is 0 Å². The molecule has 30 heavy (non-hydrogen) atoms. The Balaban J connectivity index is 1.55. The van der Waals surface area contributed by atoms with Crippen molar-refractivity contribution in [2.45, 2.75) is 44.3 Å². The molecule has 0 bridgehead atoms. The van der Waals surface area contributed by atoms with Gasteiger partial charge in [0.05, 0.1) is 11.6 Å². The largest absolute Gasteiger partial charge is 0.416 e. The molecule has 2 aromatic rings. The van der Waals surface area contributed by atoms with Crippen molar-refractivity contribution in [2.75, 3.05) is 19.6 Å². The minimum Gasteiger partial charge on any atom is -0.349 e. The van der Waals surface area contributed by atoms with E-state index in [4.69, 9.17) is 0 Å². The quantitative estimate of drug-likeness (QED) is 0.809. The second-order valence-corrected chi connectivity index (χ2v) is 7.96. The molecule has 3 heterocycles. The molecule has 0 saturated carbocycles. The summed E-state index contributed by atoms with van der Waals surface area (Å²) in [6.07, 6.45) is 1.96. The maximum Gasteiger partial charge on any atom is 0.416 e. The van der Waals surface area contributed by atoms with Crippen molar-refractivity contribution < 1.29 is 22.8 Å². The third-order valence-corrected chi connectivity index (χ3v) is 5.89. The Hall–Kier alpha value is -2.77. The van der Waals surface area contributed by atoms with Crippen LogP contribution in [0, 0.1) is 0 Å². The van der Waals surface area contributed by atoms with Gasteiger partial charge >= 0.3 is 6.18 Å². The number of amides is 2. The third-order valence-electron chi connectivity index (χ3n) is 5.89. The van der Waals surface area contributed by atoms with Crippen LogP contribution in [0.25, 0.3) is 11.1 Å². The Labute approximate surface area is 172 Å². The molecular formula is C22H24F3N3O2. The number of alkyl halides is 3. The number of fused-ring (bicyclic) bond motifs is 1. The molecule has 0 spiro atoms. The molecule has 2 aliphatic heterocycles. The molecule has 1 saturated heterocycles. The number of hydrogen-bond donors (Lipinski definition) is 1. The summed E-state index contributed by atoms with van der Waals surface area (Å²) in [5, 5.41) is 2.82. The van der Waals surface area contributed by atoms with E-state index in [1.54, 1.807) is 16.8 Å². The average Bonchev–Trinajstić information content (AvgIpc) is 2.99. The van der Waals surface area contributed by atoms with E-state index in [1.165, 1.54) is 12.1 Å². The molecule has 1 aromatic carbocycles. The first-order chi connectivity index (χ1) is 14.3. The van der Waals surface area contributed by atoms with Crippen molar-refractivity contribution in [1.82, 2.24) is 14.8 Å². The lowest BCUT2D eigenvalue weighted by molar-refractivity contribution is -0.137. The summed E-state index contributed by atoms with van der Waals surface area (Å²) in [6, 6.07) is 6.33. The first kappa shape index (κ1) is 20.5. The topological polar surface area (TPSA) is 54.3 Å². The monoisotopic (exact) mass is 419 g/mol. The Morgan fingerprint density at radius 3 is 2.33 bits per heavy atom. The summed E-state index contributed by atoms with van der Waals surface area (Å²) in [6.45, 7) is 1.90. The van der Waals surface area contributed by atoms with Crippen molar-refractivity contribution in [3.05, 3.63) is 47.8 Å². The molecule has 1 fully saturated rings. The molecule has 5 nitrogen and oxygen atoms in total. The highest BCUT2D eigenvalue weighted by molar-refractivity contribution is 5.95. The SMILES string of the molecule is O=C1NCC(CC(=O)N2CCCCCC2)n2cc(-c3ccc(C(F)(F)F)cc3)cc21. The molecule has 1 N–H and O–H groups in total. The Bertz CT molecular complexity index is 926. The van der Waals surface area contributed by atoms with Gasteiger partial charge in [-0.15, -0.1) is 0 Å². The van der Waals surface area contributed by atoms with E-state index < -0.39 is 11.7 Å². The van der Waals surface area contributed by atoms with E-state index in [0.29, 0.717) is 23.4 Å². The van der Waals surface area contributed by atoms with Gasteiger partial charge in [0.25, 0.3) is 5.91 Å². The number of hydrogen-bond acceptors (Lipinski definition) is 2. The lowest BCUT2D eigenvalue weighted by Gasteiger charge is -2.28. The van der Waals surface area contributed by atoms with Crippen LogP contribution in [-0.4, -0.2) is 40.9 Å². The summed E-state index contributed by atoms with van der Waals surface area (Å²) in [7, 11) is 0. The minimum atomic E-state index is -4.39. The number of benzene rings is 1. The fourth-order valence-electron chi connectivity index (χ4n) is 4.19. The van der Waals surface area contributed by atoms with Crippen LogP contribution >= 0.6 is 0 Å². The van der Waals surface area contributed by atoms with E-state index in [1.807, 2.05) is 4.90 Å². The van der Waals surface area contributed by atoms with Crippen LogP contribution < -0.4 is 5.32 Å². The number of nitrogens with one attached hydrogen (secondary N) is 1. The Morgan fingerprint density at radius 1 is 1.03 bits per heavy atom. The highest BCUT2D eigenvalue weighted by Gasteiger charge is 2.31. The molecule has 2 amide bonds. The van der Waals surface area contributed by atoms with Crippen LogP contribution in [0.1, 0.15) is 54.2 Å². The van der Waals surface area contributed by atoms with E-state index in [0.717, 1.165) is 50.9 Å². The van der Waals surface area contributed by atoms with Crippen LogP contribution in [-0.2, 0) is 11.0 Å². The van der Waals surface area contributed by atoms with E-state index in [-0.39, 0.29) is 24.3 Å². The molecule has 1 unspecified atom stereocenters. The Kier molecular flexibility index (Phi) is 5.58. The maximum absolute atomic E-state index is 12.8. The second kappa shape index (κ2) is 8.16. The van der Waals surface area contributed by atoms with Crippen molar-refractivity contribution in [1.29, 1.82) is 0 Å². The number of likely N-dealkylation sites (tertiary alicyclic amines) is 1. The Morgan fingerprint density at radius 2 is 1.70 bits per heavy atom. The summed E-state index contributed by atoms with van der Waals surface area (Å²) in [4.78, 5) is 27.0. The van der Waals surface area contributed by atoms with Gasteiger partial charge in [-0.25, -0.2) is 0 Å². The fourth-order valence-corrected chi connectivity index (χ4v) is 4.19. The van der Waals surface area contributed by atoms with Crippen molar-refractivity contribution in [3.8, 4) is 11.1 Å². The fraction of sp³-hybridized carbons (Fsp3) is 0.455. The standard InChI is InChI=1S/C22H24F3N3O2/c23-22(24,25)17-7-5-15(6-8-17)16-11-19-21(30)26-13-18(28(19)14-16)12-20(29)27-9-3-1-2-4-10-27/h5-8,11,14,18H,1-4,9-10,12-13H2,(H,26,30). The van der Waals surface area contributed by atoms with Gasteiger partial charge in [-0.05, 0) is 36.6 Å². The lowest BCUT2D eigenvalue weighted by atomic mass is 10.1. The molecule has 0 aliphatic carbocycles. The molecule has 160 valence electrons. The second-order valence-electron chi connectivity index (χ2n) is 7.96. The normalized spacial score (nSPS) is 19.8. The van der Waals surface area contributed by atoms with Crippen LogP contribution in [0.4, 0.5) is 13.2 Å². The summed E-state index contributed by atoms with van der Waals surface area (Å²) < 4.78 is 40.2. The third kappa shape index (κ3) is 4.22. The zero-order valence-corrected chi connectivity index (χ0v) is 16.5. The summed E-state index contributed by atoms with van der Waals surface area (Å²) in [5.74, 6) is -0.166. The van der Waals surface area contributed by atoms with Crippen LogP contribution in [0.5, 0.6) is 0 Å². The predicted molar refractivity (Wildman–Crippen MR) is 106 cm³/mol. The lowest BCUT2D eigenvalue weighted by Crippen LogP contribution is -2.41. The molecular weight excluding hydrogens is 395 g/mol. The minimum absolute atomic E-state index is 0.0776. The molecule has 1 aromatic heterocycles. The van der Waals surface area contributed by atoms with Gasteiger partial charge in [-0.3, -0.25) is 9.59 Å². The zero-order valence-electron chi connectivity index (χ0n) is 16.5. The number of carbonyl (C=O) groups is 2. The van der Waals surface area contributed by atoms with E-state index in [2.05, 4.69) is 5.32 Å². The number of aromatic nitrogens is 1. The van der Waals surface area contributed by atoms with Gasteiger partial charge in [0.15, 0.2) is 0 Å². The highest BCUT2D eigenvalue weighted by Crippen LogP contribution is 2.33. The molecule has 2 aliphatic rings. The van der Waals surface area contributed by atoms with Gasteiger partial charge in [0, 0.05) is 37.8 Å². The summed E-state index contributed by atoms with van der Waals surface area (Å²) in [5.41, 5.74) is 0.956. The van der Waals surface area contributed by atoms with Gasteiger partial charge < -0.3 is 14.8 Å². The molecule has 1 atom stereocenters. The van der Waals surface area contributed by atoms with Crippen LogP contribution in [0.3, 0.4) is 0 Å². The highest BCUT2D eigenvalue weighted by atomic mass is 19.4. The van der Waals surface area contributed by atoms with Crippen molar-refractivity contribution >= 4 is 11.8 Å². The predicted octanol–water partition coefficient (Wildman–Crippen LogP) is 4.25. The molecule has 0 radical (unpaired) electrons. The summed E-state index contributed by atoms with van der Waals surface area (Å²) >= 11 is 0. The smallest absolute Gasteiger partial charge is 0.349 e. The van der Waals surface area contributed by atoms with Crippen LogP contribution in [0.15, 0.2) is 36.5 Å². The van der Waals surface area contributed by atoms with Gasteiger partial charge in [0.1, 0.15) is 5.69 Å². The van der Waals surface area contributed by atoms with Gasteiger partial charge in [-0.2, -0.15) is 13.2 Å². The molecule has 4 rings (SSSR count). The van der Waals surface area contributed by atoms with Gasteiger partial charge in [-0.1, -0.05) is 25.0 Å². The number of rotatable bonds is 3. The van der Waals surface area contributed by atoms with Crippen LogP contribution in [0.2, 0.25) is 0 Å². The first-order valence-electron chi connectivity index (χ1n) is 10.3. The van der Waals surface area contributed by atoms with Gasteiger partial charge in [0.2, 0.25) is 5.91 Å². The molecule has 8 heteroatoms. The van der Waals surface area contributed by atoms with E-state index in [9.17, 15) is 22.8 Å². The zero-order chi connectivity index (χ0) is 21.3.